The molecule has 5 nitrogen and oxygen atoms in total. The molecule has 0 fully saturated rings. The number of nitrogen functional groups attached to an aromatic ring is 1. The molecule has 0 aromatic carbocycles. The van der Waals surface area contributed by atoms with Gasteiger partial charge in [-0.3, -0.25) is 4.98 Å². The van der Waals surface area contributed by atoms with Gasteiger partial charge in [-0.25, -0.2) is 4.98 Å². The summed E-state index contributed by atoms with van der Waals surface area (Å²) in [6.45, 7) is 5.21. The van der Waals surface area contributed by atoms with Gasteiger partial charge in [-0.05, 0) is 38.3 Å². The smallest absolute Gasteiger partial charge is 0.368 e. The lowest BCUT2D eigenvalue weighted by molar-refractivity contribution is -0.171. The van der Waals surface area contributed by atoms with E-state index >= 15 is 0 Å². The van der Waals surface area contributed by atoms with Crippen LogP contribution >= 0.6 is 0 Å². The van der Waals surface area contributed by atoms with Gasteiger partial charge in [0.05, 0.1) is 11.4 Å². The first-order chi connectivity index (χ1) is 12.1. The van der Waals surface area contributed by atoms with Crippen LogP contribution in [-0.2, 0) is 0 Å². The number of aromatic nitrogens is 3. The molecule has 8 heteroatoms. The second-order valence-electron chi connectivity index (χ2n) is 7.07. The summed E-state index contributed by atoms with van der Waals surface area (Å²) < 4.78 is 38.7. The minimum absolute atomic E-state index is 0.0443. The summed E-state index contributed by atoms with van der Waals surface area (Å²) in [7, 11) is 0. The molecule has 1 unspecified atom stereocenters. The van der Waals surface area contributed by atoms with E-state index in [1.165, 1.54) is 6.92 Å². The standard InChI is InChI=1S/C18H26F3N5/c1-4-5-9-17(3,10-8-12(2)18(19,20)21)26-15-14-13(7-6-11-23-14)24-16(22)25-15/h6-7,11-12H,4-5,8-10H2,1-3H3,(H3,22,24,25,26)/t12-,17?/m1/s1. The summed E-state index contributed by atoms with van der Waals surface area (Å²) in [5, 5.41) is 3.32. The van der Waals surface area contributed by atoms with Crippen LogP contribution in [0, 0.1) is 5.92 Å². The number of halogens is 3. The minimum Gasteiger partial charge on any atom is -0.368 e. The molecule has 3 N–H and O–H groups in total. The molecule has 26 heavy (non-hydrogen) atoms. The van der Waals surface area contributed by atoms with Gasteiger partial charge in [0.25, 0.3) is 0 Å². The topological polar surface area (TPSA) is 76.7 Å². The third kappa shape index (κ3) is 5.19. The van der Waals surface area contributed by atoms with E-state index < -0.39 is 17.6 Å². The minimum atomic E-state index is -4.18. The zero-order valence-electron chi connectivity index (χ0n) is 15.4. The van der Waals surface area contributed by atoms with E-state index in [4.69, 9.17) is 5.73 Å². The van der Waals surface area contributed by atoms with E-state index in [9.17, 15) is 13.2 Å². The van der Waals surface area contributed by atoms with E-state index in [1.807, 2.05) is 6.92 Å². The maximum absolute atomic E-state index is 12.9. The number of pyridine rings is 1. The third-order valence-electron chi connectivity index (χ3n) is 4.66. The molecule has 2 heterocycles. The van der Waals surface area contributed by atoms with Crippen LogP contribution < -0.4 is 11.1 Å². The van der Waals surface area contributed by atoms with Crippen LogP contribution in [0.25, 0.3) is 11.0 Å². The van der Waals surface area contributed by atoms with E-state index in [1.54, 1.807) is 18.3 Å². The first kappa shape index (κ1) is 20.2. The Balaban J connectivity index is 2.27. The molecule has 0 radical (unpaired) electrons. The largest absolute Gasteiger partial charge is 0.391 e. The molecule has 0 saturated heterocycles. The Morgan fingerprint density at radius 3 is 2.62 bits per heavy atom. The second kappa shape index (κ2) is 8.05. The Labute approximate surface area is 151 Å². The number of unbranched alkanes of at least 4 members (excludes halogenated alkanes) is 1. The van der Waals surface area contributed by atoms with Crippen LogP contribution in [0.5, 0.6) is 0 Å². The predicted molar refractivity (Wildman–Crippen MR) is 97.8 cm³/mol. The number of hydrogen-bond donors (Lipinski definition) is 2. The molecule has 2 rings (SSSR count). The number of rotatable bonds is 8. The van der Waals surface area contributed by atoms with Crippen molar-refractivity contribution in [1.29, 1.82) is 0 Å². The summed E-state index contributed by atoms with van der Waals surface area (Å²) in [6.07, 6.45) is 0.440. The fraction of sp³-hybridized carbons (Fsp3) is 0.611. The average molecular weight is 369 g/mol. The van der Waals surface area contributed by atoms with Gasteiger partial charge in [0.1, 0.15) is 5.52 Å². The molecule has 0 aliphatic carbocycles. The molecule has 0 saturated carbocycles. The molecule has 2 atom stereocenters. The van der Waals surface area contributed by atoms with Gasteiger partial charge in [-0.2, -0.15) is 18.2 Å². The molecule has 0 aliphatic rings. The maximum Gasteiger partial charge on any atom is 0.391 e. The van der Waals surface area contributed by atoms with Crippen molar-refractivity contribution < 1.29 is 13.2 Å². The molecule has 0 spiro atoms. The monoisotopic (exact) mass is 369 g/mol. The van der Waals surface area contributed by atoms with Gasteiger partial charge in [-0.1, -0.05) is 26.7 Å². The number of anilines is 2. The number of nitrogens with two attached hydrogens (primary N) is 1. The highest BCUT2D eigenvalue weighted by molar-refractivity contribution is 5.86. The van der Waals surface area contributed by atoms with Crippen molar-refractivity contribution >= 4 is 22.8 Å². The second-order valence-corrected chi connectivity index (χ2v) is 7.07. The molecule has 0 aliphatic heterocycles. The first-order valence-corrected chi connectivity index (χ1v) is 8.88. The Kier molecular flexibility index (Phi) is 6.26. The van der Waals surface area contributed by atoms with Crippen molar-refractivity contribution in [2.75, 3.05) is 11.1 Å². The number of hydrogen-bond acceptors (Lipinski definition) is 5. The van der Waals surface area contributed by atoms with E-state index in [-0.39, 0.29) is 12.4 Å². The van der Waals surface area contributed by atoms with Gasteiger partial charge in [0.2, 0.25) is 5.95 Å². The van der Waals surface area contributed by atoms with Crippen molar-refractivity contribution in [3.63, 3.8) is 0 Å². The number of nitrogens with zero attached hydrogens (tertiary/aromatic N) is 3. The van der Waals surface area contributed by atoms with E-state index in [0.29, 0.717) is 23.3 Å². The predicted octanol–water partition coefficient (Wildman–Crippen LogP) is 4.95. The highest BCUT2D eigenvalue weighted by Crippen LogP contribution is 2.34. The lowest BCUT2D eigenvalue weighted by Gasteiger charge is -2.33. The zero-order chi connectivity index (χ0) is 19.4. The van der Waals surface area contributed by atoms with Crippen LogP contribution in [0.1, 0.15) is 52.9 Å². The van der Waals surface area contributed by atoms with Crippen LogP contribution in [-0.4, -0.2) is 26.7 Å². The Morgan fingerprint density at radius 1 is 1.23 bits per heavy atom. The van der Waals surface area contributed by atoms with Crippen molar-refractivity contribution in [3.05, 3.63) is 18.3 Å². The van der Waals surface area contributed by atoms with Crippen molar-refractivity contribution in [2.45, 2.75) is 64.6 Å². The van der Waals surface area contributed by atoms with Crippen LogP contribution in [0.2, 0.25) is 0 Å². The summed E-state index contributed by atoms with van der Waals surface area (Å²) in [6, 6.07) is 3.53. The Bertz CT molecular complexity index is 734. The molecule has 2 aromatic rings. The highest BCUT2D eigenvalue weighted by atomic mass is 19.4. The molecule has 0 amide bonds. The summed E-state index contributed by atoms with van der Waals surface area (Å²) in [5.74, 6) is -0.781. The van der Waals surface area contributed by atoms with Crippen LogP contribution in [0.4, 0.5) is 24.9 Å². The fourth-order valence-corrected chi connectivity index (χ4v) is 2.87. The maximum atomic E-state index is 12.9. The number of alkyl halides is 3. The average Bonchev–Trinajstić information content (AvgIpc) is 2.57. The highest BCUT2D eigenvalue weighted by Gasteiger charge is 2.37. The van der Waals surface area contributed by atoms with Gasteiger partial charge < -0.3 is 11.1 Å². The van der Waals surface area contributed by atoms with Gasteiger partial charge in [-0.15, -0.1) is 0 Å². The van der Waals surface area contributed by atoms with E-state index in [2.05, 4.69) is 27.2 Å². The Morgan fingerprint density at radius 2 is 1.96 bits per heavy atom. The van der Waals surface area contributed by atoms with Crippen molar-refractivity contribution in [2.24, 2.45) is 5.92 Å². The van der Waals surface area contributed by atoms with Gasteiger partial charge in [0.15, 0.2) is 5.82 Å². The van der Waals surface area contributed by atoms with E-state index in [0.717, 1.165) is 19.3 Å². The molecular formula is C18H26F3N5. The first-order valence-electron chi connectivity index (χ1n) is 8.88. The lowest BCUT2D eigenvalue weighted by Crippen LogP contribution is -2.37. The fourth-order valence-electron chi connectivity index (χ4n) is 2.87. The molecular weight excluding hydrogens is 343 g/mol. The molecule has 2 aromatic heterocycles. The lowest BCUT2D eigenvalue weighted by atomic mass is 9.86. The summed E-state index contributed by atoms with van der Waals surface area (Å²) in [5.41, 5.74) is 6.41. The zero-order valence-corrected chi connectivity index (χ0v) is 15.4. The number of fused-ring (bicyclic) bond motifs is 1. The van der Waals surface area contributed by atoms with Gasteiger partial charge in [0, 0.05) is 11.7 Å². The number of nitrogens with one attached hydrogen (secondary N) is 1. The van der Waals surface area contributed by atoms with Crippen LogP contribution in [0.15, 0.2) is 18.3 Å². The van der Waals surface area contributed by atoms with Crippen molar-refractivity contribution in [1.82, 2.24) is 15.0 Å². The molecule has 144 valence electrons. The quantitative estimate of drug-likeness (QED) is 0.689. The summed E-state index contributed by atoms with van der Waals surface area (Å²) >= 11 is 0. The SMILES string of the molecule is CCCCC(C)(CC[C@@H](C)C(F)(F)F)Nc1nc(N)nc2cccnc12. The third-order valence-corrected chi connectivity index (χ3v) is 4.66. The summed E-state index contributed by atoms with van der Waals surface area (Å²) in [4.78, 5) is 12.7. The van der Waals surface area contributed by atoms with Crippen LogP contribution in [0.3, 0.4) is 0 Å². The normalized spacial score (nSPS) is 15.6. The van der Waals surface area contributed by atoms with Crippen molar-refractivity contribution in [3.8, 4) is 0 Å². The van der Waals surface area contributed by atoms with Gasteiger partial charge >= 0.3 is 6.18 Å². The Hall–Kier alpha value is -2.12. The molecule has 0 bridgehead atoms.